The average Bonchev–Trinajstić information content (AvgIpc) is 3.12. The minimum atomic E-state index is -4.38. The van der Waals surface area contributed by atoms with E-state index in [0.717, 1.165) is 47.8 Å². The highest BCUT2D eigenvalue weighted by atomic mass is 19.4. The number of anilines is 1. The molecule has 2 heterocycles. The highest BCUT2D eigenvalue weighted by molar-refractivity contribution is 5.94. The zero-order chi connectivity index (χ0) is 22.2. The van der Waals surface area contributed by atoms with Crippen LogP contribution in [0, 0.1) is 13.8 Å². The molecule has 8 heteroatoms. The maximum Gasteiger partial charge on any atom is 0.416 e. The highest BCUT2D eigenvalue weighted by Gasteiger charge is 2.32. The van der Waals surface area contributed by atoms with E-state index in [2.05, 4.69) is 27.5 Å². The van der Waals surface area contributed by atoms with Gasteiger partial charge in [-0.05, 0) is 62.7 Å². The Morgan fingerprint density at radius 3 is 2.65 bits per heavy atom. The first-order chi connectivity index (χ1) is 14.7. The molecule has 0 spiro atoms. The number of hydrogen-bond donors (Lipinski definition) is 1. The van der Waals surface area contributed by atoms with E-state index in [1.54, 1.807) is 6.07 Å². The van der Waals surface area contributed by atoms with Gasteiger partial charge in [-0.1, -0.05) is 12.1 Å². The number of nitrogens with one attached hydrogen (secondary N) is 1. The minimum Gasteiger partial charge on any atom is -0.489 e. The van der Waals surface area contributed by atoms with E-state index in [-0.39, 0.29) is 18.2 Å². The van der Waals surface area contributed by atoms with Crippen LogP contribution in [0.3, 0.4) is 0 Å². The smallest absolute Gasteiger partial charge is 0.416 e. The Morgan fingerprint density at radius 1 is 1.13 bits per heavy atom. The van der Waals surface area contributed by atoms with Crippen LogP contribution in [0.5, 0.6) is 5.75 Å². The van der Waals surface area contributed by atoms with Crippen molar-refractivity contribution in [2.45, 2.75) is 39.1 Å². The van der Waals surface area contributed by atoms with Crippen molar-refractivity contribution in [3.05, 3.63) is 58.8 Å². The molecule has 0 aliphatic carbocycles. The lowest BCUT2D eigenvalue weighted by atomic mass is 10.0. The number of fused-ring (bicyclic) bond motifs is 1. The van der Waals surface area contributed by atoms with E-state index in [4.69, 9.17) is 4.74 Å². The van der Waals surface area contributed by atoms with Crippen molar-refractivity contribution < 1.29 is 17.9 Å². The van der Waals surface area contributed by atoms with Crippen LogP contribution in [0.2, 0.25) is 0 Å². The molecule has 1 fully saturated rings. The van der Waals surface area contributed by atoms with Crippen molar-refractivity contribution in [1.29, 1.82) is 0 Å². The van der Waals surface area contributed by atoms with Crippen LogP contribution in [-0.2, 0) is 12.7 Å². The predicted molar refractivity (Wildman–Crippen MR) is 114 cm³/mol. The molecule has 1 aromatic heterocycles. The molecule has 0 saturated carbocycles. The van der Waals surface area contributed by atoms with Crippen LogP contribution in [0.15, 0.2) is 36.4 Å². The van der Waals surface area contributed by atoms with E-state index in [1.165, 1.54) is 13.0 Å². The number of benzene rings is 2. The molecular formula is C23H25F3N4O. The van der Waals surface area contributed by atoms with Gasteiger partial charge in [0.2, 0.25) is 0 Å². The molecule has 0 bridgehead atoms. The van der Waals surface area contributed by atoms with Crippen LogP contribution < -0.4 is 10.1 Å². The summed E-state index contributed by atoms with van der Waals surface area (Å²) in [5.74, 6) is 1.27. The zero-order valence-electron chi connectivity index (χ0n) is 17.8. The third kappa shape index (κ3) is 4.58. The van der Waals surface area contributed by atoms with Gasteiger partial charge in [0, 0.05) is 30.4 Å². The molecule has 1 aliphatic heterocycles. The monoisotopic (exact) mass is 430 g/mol. The van der Waals surface area contributed by atoms with Gasteiger partial charge in [-0.3, -0.25) is 0 Å². The Kier molecular flexibility index (Phi) is 5.75. The average molecular weight is 430 g/mol. The summed E-state index contributed by atoms with van der Waals surface area (Å²) in [6, 6.07) is 10.0. The molecule has 164 valence electrons. The van der Waals surface area contributed by atoms with Crippen molar-refractivity contribution in [3.8, 4) is 5.75 Å². The summed E-state index contributed by atoms with van der Waals surface area (Å²) >= 11 is 0. The lowest BCUT2D eigenvalue weighted by molar-refractivity contribution is -0.138. The fraction of sp³-hybridized carbons (Fsp3) is 0.391. The van der Waals surface area contributed by atoms with Gasteiger partial charge in [-0.25, -0.2) is 0 Å². The normalized spacial score (nSPS) is 17.3. The van der Waals surface area contributed by atoms with E-state index >= 15 is 0 Å². The maximum absolute atomic E-state index is 13.2. The molecular weight excluding hydrogens is 405 g/mol. The summed E-state index contributed by atoms with van der Waals surface area (Å²) in [5.41, 5.74) is 0.930. The van der Waals surface area contributed by atoms with Gasteiger partial charge in [0.05, 0.1) is 11.3 Å². The summed E-state index contributed by atoms with van der Waals surface area (Å²) in [6.07, 6.45) is -3.26. The second-order valence-corrected chi connectivity index (χ2v) is 8.07. The molecule has 3 aromatic rings. The van der Waals surface area contributed by atoms with Crippen molar-refractivity contribution in [2.75, 3.05) is 25.5 Å². The Hall–Kier alpha value is -2.87. The Morgan fingerprint density at radius 2 is 1.94 bits per heavy atom. The van der Waals surface area contributed by atoms with Crippen LogP contribution in [0.1, 0.15) is 28.8 Å². The van der Waals surface area contributed by atoms with Crippen LogP contribution >= 0.6 is 0 Å². The summed E-state index contributed by atoms with van der Waals surface area (Å²) in [7, 11) is 2.07. The van der Waals surface area contributed by atoms with Gasteiger partial charge in [-0.2, -0.15) is 18.3 Å². The van der Waals surface area contributed by atoms with Gasteiger partial charge >= 0.3 is 6.18 Å². The lowest BCUT2D eigenvalue weighted by Gasteiger charge is -2.17. The number of nitrogens with zero attached hydrogens (tertiary/aromatic N) is 3. The number of alkyl halides is 3. The Bertz CT molecular complexity index is 1100. The standard InChI is InChI=1S/C23H25F3N4O/c1-14-16(5-4-6-21(14)23(24,25)26)12-27-22-20-11-17(31-18-9-10-30(3)13-18)7-8-19(20)15(2)28-29-22/h4-8,11,18H,9-10,12-13H2,1-3H3,(H,27,29). The molecule has 4 rings (SSSR count). The van der Waals surface area contributed by atoms with E-state index in [9.17, 15) is 13.2 Å². The topological polar surface area (TPSA) is 50.3 Å². The van der Waals surface area contributed by atoms with Gasteiger partial charge in [0.25, 0.3) is 0 Å². The van der Waals surface area contributed by atoms with E-state index in [0.29, 0.717) is 11.4 Å². The largest absolute Gasteiger partial charge is 0.489 e. The van der Waals surface area contributed by atoms with Gasteiger partial charge in [-0.15, -0.1) is 5.10 Å². The Labute approximate surface area is 179 Å². The molecule has 1 saturated heterocycles. The second-order valence-electron chi connectivity index (χ2n) is 8.07. The first-order valence-corrected chi connectivity index (χ1v) is 10.2. The fourth-order valence-electron chi connectivity index (χ4n) is 4.02. The van der Waals surface area contributed by atoms with Crippen LogP contribution in [0.25, 0.3) is 10.8 Å². The number of hydrogen-bond acceptors (Lipinski definition) is 5. The summed E-state index contributed by atoms with van der Waals surface area (Å²) in [5, 5.41) is 13.4. The number of likely N-dealkylation sites (tertiary alicyclic amines) is 1. The molecule has 1 unspecified atom stereocenters. The van der Waals surface area contributed by atoms with Crippen LogP contribution in [-0.4, -0.2) is 41.3 Å². The summed E-state index contributed by atoms with van der Waals surface area (Å²) in [4.78, 5) is 2.23. The number of aromatic nitrogens is 2. The predicted octanol–water partition coefficient (Wildman–Crippen LogP) is 4.96. The molecule has 1 atom stereocenters. The zero-order valence-corrected chi connectivity index (χ0v) is 17.8. The van der Waals surface area contributed by atoms with Crippen molar-refractivity contribution >= 4 is 16.6 Å². The van der Waals surface area contributed by atoms with E-state index in [1.807, 2.05) is 25.1 Å². The van der Waals surface area contributed by atoms with Crippen molar-refractivity contribution in [2.24, 2.45) is 0 Å². The van der Waals surface area contributed by atoms with Gasteiger partial charge in [0.1, 0.15) is 11.9 Å². The third-order valence-corrected chi connectivity index (χ3v) is 5.78. The molecule has 1 N–H and O–H groups in total. The summed E-state index contributed by atoms with van der Waals surface area (Å²) in [6.45, 7) is 5.46. The quantitative estimate of drug-likeness (QED) is 0.620. The highest BCUT2D eigenvalue weighted by Crippen LogP contribution is 2.33. The first kappa shape index (κ1) is 21.4. The van der Waals surface area contributed by atoms with E-state index < -0.39 is 11.7 Å². The molecule has 1 aliphatic rings. The number of likely N-dealkylation sites (N-methyl/N-ethyl adjacent to an activating group) is 1. The number of ether oxygens (including phenoxy) is 1. The van der Waals surface area contributed by atoms with Crippen molar-refractivity contribution in [1.82, 2.24) is 15.1 Å². The number of halogens is 3. The molecule has 0 radical (unpaired) electrons. The molecule has 0 amide bonds. The van der Waals surface area contributed by atoms with Gasteiger partial charge < -0.3 is 15.0 Å². The van der Waals surface area contributed by atoms with Crippen LogP contribution in [0.4, 0.5) is 19.0 Å². The fourth-order valence-corrected chi connectivity index (χ4v) is 4.02. The summed E-state index contributed by atoms with van der Waals surface area (Å²) < 4.78 is 45.8. The molecule has 31 heavy (non-hydrogen) atoms. The SMILES string of the molecule is Cc1c(CNc2nnc(C)c3ccc(OC4CCN(C)C4)cc23)cccc1C(F)(F)F. The number of rotatable bonds is 5. The van der Waals surface area contributed by atoms with Crippen molar-refractivity contribution in [3.63, 3.8) is 0 Å². The molecule has 2 aromatic carbocycles. The molecule has 5 nitrogen and oxygen atoms in total. The maximum atomic E-state index is 13.2. The minimum absolute atomic E-state index is 0.141. The Balaban J connectivity index is 1.60. The number of aryl methyl sites for hydroxylation is 1. The second kappa shape index (κ2) is 8.34. The lowest BCUT2D eigenvalue weighted by Crippen LogP contribution is -2.21. The third-order valence-electron chi connectivity index (χ3n) is 5.78. The van der Waals surface area contributed by atoms with Gasteiger partial charge in [0.15, 0.2) is 5.82 Å². The first-order valence-electron chi connectivity index (χ1n) is 10.2.